The summed E-state index contributed by atoms with van der Waals surface area (Å²) in [5.41, 5.74) is 0.632. The molecule has 7 nitrogen and oxygen atoms in total. The monoisotopic (exact) mass is 266 g/mol. The average molecular weight is 266 g/mol. The average Bonchev–Trinajstić information content (AvgIpc) is 3.09. The molecule has 0 spiro atoms. The van der Waals surface area contributed by atoms with E-state index in [-0.39, 0.29) is 25.0 Å². The number of urea groups is 1. The topological polar surface area (TPSA) is 87.5 Å². The molecule has 2 amide bonds. The maximum Gasteiger partial charge on any atom is 0.322 e. The molecule has 1 aliphatic carbocycles. The van der Waals surface area contributed by atoms with Gasteiger partial charge in [0.25, 0.3) is 0 Å². The number of hydrogen-bond acceptors (Lipinski definition) is 3. The van der Waals surface area contributed by atoms with E-state index in [2.05, 4.69) is 10.4 Å². The van der Waals surface area contributed by atoms with E-state index in [9.17, 15) is 9.59 Å². The Morgan fingerprint density at radius 1 is 1.58 bits per heavy atom. The Kier molecular flexibility index (Phi) is 4.03. The van der Waals surface area contributed by atoms with Gasteiger partial charge in [-0.3, -0.25) is 9.48 Å². The van der Waals surface area contributed by atoms with Crippen LogP contribution >= 0.6 is 0 Å². The zero-order chi connectivity index (χ0) is 13.8. The molecule has 7 heteroatoms. The lowest BCUT2D eigenvalue weighted by molar-refractivity contribution is -0.137. The van der Waals surface area contributed by atoms with Gasteiger partial charge in [-0.2, -0.15) is 5.10 Å². The fourth-order valence-corrected chi connectivity index (χ4v) is 1.85. The Morgan fingerprint density at radius 3 is 2.84 bits per heavy atom. The number of aliphatic carboxylic acids is 1. The molecular formula is C12H18N4O3. The van der Waals surface area contributed by atoms with Crippen molar-refractivity contribution in [1.29, 1.82) is 0 Å². The number of aryl methyl sites for hydroxylation is 1. The van der Waals surface area contributed by atoms with E-state index < -0.39 is 5.97 Å². The third-order valence-corrected chi connectivity index (χ3v) is 3.02. The van der Waals surface area contributed by atoms with Crippen LogP contribution in [0.1, 0.15) is 26.2 Å². The molecule has 0 aromatic carbocycles. The third-order valence-electron chi connectivity index (χ3n) is 3.02. The number of aromatic nitrogens is 2. The van der Waals surface area contributed by atoms with Crippen molar-refractivity contribution in [3.8, 4) is 0 Å². The van der Waals surface area contributed by atoms with Gasteiger partial charge >= 0.3 is 12.0 Å². The Hall–Kier alpha value is -2.05. The summed E-state index contributed by atoms with van der Waals surface area (Å²) >= 11 is 0. The maximum absolute atomic E-state index is 12.1. The van der Waals surface area contributed by atoms with Crippen molar-refractivity contribution in [2.45, 2.75) is 38.8 Å². The normalized spacial score (nSPS) is 14.2. The smallest absolute Gasteiger partial charge is 0.322 e. The molecule has 1 aromatic heterocycles. The van der Waals surface area contributed by atoms with Crippen LogP contribution < -0.4 is 5.32 Å². The summed E-state index contributed by atoms with van der Waals surface area (Å²) in [5.74, 6) is -0.891. The minimum absolute atomic E-state index is 0.0296. The van der Waals surface area contributed by atoms with E-state index in [4.69, 9.17) is 5.11 Å². The second kappa shape index (κ2) is 5.73. The molecule has 0 bridgehead atoms. The lowest BCUT2D eigenvalue weighted by Crippen LogP contribution is -2.38. The molecule has 2 N–H and O–H groups in total. The van der Waals surface area contributed by atoms with E-state index in [0.717, 1.165) is 19.4 Å². The van der Waals surface area contributed by atoms with Gasteiger partial charge in [-0.05, 0) is 19.8 Å². The van der Waals surface area contributed by atoms with Crippen molar-refractivity contribution in [2.24, 2.45) is 0 Å². The van der Waals surface area contributed by atoms with Gasteiger partial charge < -0.3 is 15.3 Å². The van der Waals surface area contributed by atoms with Gasteiger partial charge in [0.2, 0.25) is 0 Å². The number of carbonyl (C=O) groups excluding carboxylic acids is 1. The highest BCUT2D eigenvalue weighted by Crippen LogP contribution is 2.27. The largest absolute Gasteiger partial charge is 0.481 e. The fourth-order valence-electron chi connectivity index (χ4n) is 1.85. The molecule has 0 atom stereocenters. The van der Waals surface area contributed by atoms with Gasteiger partial charge in [-0.15, -0.1) is 0 Å². The lowest BCUT2D eigenvalue weighted by atomic mass is 10.4. The van der Waals surface area contributed by atoms with Crippen molar-refractivity contribution in [3.05, 3.63) is 12.4 Å². The first-order valence-electron chi connectivity index (χ1n) is 6.42. The molecule has 0 saturated heterocycles. The number of hydrogen-bond donors (Lipinski definition) is 2. The molecule has 1 heterocycles. The summed E-state index contributed by atoms with van der Waals surface area (Å²) in [4.78, 5) is 24.3. The number of anilines is 1. The summed E-state index contributed by atoms with van der Waals surface area (Å²) < 4.78 is 1.72. The van der Waals surface area contributed by atoms with Crippen molar-refractivity contribution >= 4 is 17.7 Å². The highest BCUT2D eigenvalue weighted by Gasteiger charge is 2.32. The van der Waals surface area contributed by atoms with Crippen LogP contribution in [0, 0.1) is 0 Å². The van der Waals surface area contributed by atoms with E-state index in [1.807, 2.05) is 6.92 Å². The van der Waals surface area contributed by atoms with E-state index in [1.165, 1.54) is 0 Å². The highest BCUT2D eigenvalue weighted by atomic mass is 16.4. The standard InChI is InChI=1S/C12H18N4O3/c1-2-15-8-9(7-13-15)14-12(19)16(10-3-4-10)6-5-11(17)18/h7-8,10H,2-6H2,1H3,(H,14,19)(H,17,18). The Morgan fingerprint density at radius 2 is 2.32 bits per heavy atom. The molecule has 2 rings (SSSR count). The molecule has 1 aliphatic rings. The van der Waals surface area contributed by atoms with Crippen LogP contribution in [0.2, 0.25) is 0 Å². The Bertz CT molecular complexity index is 467. The molecule has 1 fully saturated rings. The SMILES string of the molecule is CCn1cc(NC(=O)N(CCC(=O)O)C2CC2)cn1. The van der Waals surface area contributed by atoms with Crippen molar-refractivity contribution in [1.82, 2.24) is 14.7 Å². The fraction of sp³-hybridized carbons (Fsp3) is 0.583. The molecule has 104 valence electrons. The predicted molar refractivity (Wildman–Crippen MR) is 68.9 cm³/mol. The van der Waals surface area contributed by atoms with Gasteiger partial charge in [-0.25, -0.2) is 4.79 Å². The Labute approximate surface area is 111 Å². The van der Waals surface area contributed by atoms with E-state index in [1.54, 1.807) is 22.0 Å². The first-order valence-corrected chi connectivity index (χ1v) is 6.42. The second-order valence-electron chi connectivity index (χ2n) is 4.58. The van der Waals surface area contributed by atoms with Crippen LogP contribution in [0.3, 0.4) is 0 Å². The maximum atomic E-state index is 12.1. The summed E-state index contributed by atoms with van der Waals surface area (Å²) in [6, 6.07) is -0.0695. The highest BCUT2D eigenvalue weighted by molar-refractivity contribution is 5.89. The van der Waals surface area contributed by atoms with Crippen LogP contribution in [0.25, 0.3) is 0 Å². The number of carboxylic acid groups (broad SMARTS) is 1. The molecule has 0 radical (unpaired) electrons. The van der Waals surface area contributed by atoms with Crippen LogP contribution in [0.15, 0.2) is 12.4 Å². The number of amides is 2. The minimum atomic E-state index is -0.891. The van der Waals surface area contributed by atoms with Gasteiger partial charge in [-0.1, -0.05) is 0 Å². The minimum Gasteiger partial charge on any atom is -0.481 e. The zero-order valence-corrected chi connectivity index (χ0v) is 10.9. The predicted octanol–water partition coefficient (Wildman–Crippen LogP) is 1.37. The molecular weight excluding hydrogens is 248 g/mol. The third kappa shape index (κ3) is 3.70. The number of carboxylic acids is 1. The Balaban J connectivity index is 1.93. The van der Waals surface area contributed by atoms with Crippen molar-refractivity contribution in [2.75, 3.05) is 11.9 Å². The van der Waals surface area contributed by atoms with Gasteiger partial charge in [0.15, 0.2) is 0 Å². The zero-order valence-electron chi connectivity index (χ0n) is 10.9. The van der Waals surface area contributed by atoms with E-state index in [0.29, 0.717) is 5.69 Å². The molecule has 19 heavy (non-hydrogen) atoms. The number of carbonyl (C=O) groups is 2. The summed E-state index contributed by atoms with van der Waals surface area (Å²) in [6.07, 6.45) is 5.20. The molecule has 1 saturated carbocycles. The number of rotatable bonds is 6. The first-order chi connectivity index (χ1) is 9.10. The van der Waals surface area contributed by atoms with Crippen molar-refractivity contribution < 1.29 is 14.7 Å². The molecule has 0 unspecified atom stereocenters. The summed E-state index contributed by atoms with van der Waals surface area (Å²) in [5, 5.41) is 15.5. The first kappa shape index (κ1) is 13.4. The van der Waals surface area contributed by atoms with Crippen LogP contribution in [-0.4, -0.2) is 44.4 Å². The summed E-state index contributed by atoms with van der Waals surface area (Å²) in [6.45, 7) is 2.94. The van der Waals surface area contributed by atoms with Crippen LogP contribution in [0.5, 0.6) is 0 Å². The van der Waals surface area contributed by atoms with Gasteiger partial charge in [0.05, 0.1) is 18.3 Å². The lowest BCUT2D eigenvalue weighted by Gasteiger charge is -2.21. The van der Waals surface area contributed by atoms with Crippen LogP contribution in [0.4, 0.5) is 10.5 Å². The second-order valence-corrected chi connectivity index (χ2v) is 4.58. The molecule has 0 aliphatic heterocycles. The van der Waals surface area contributed by atoms with Crippen LogP contribution in [-0.2, 0) is 11.3 Å². The van der Waals surface area contributed by atoms with Crippen molar-refractivity contribution in [3.63, 3.8) is 0 Å². The van der Waals surface area contributed by atoms with Gasteiger partial charge in [0.1, 0.15) is 0 Å². The number of nitrogens with one attached hydrogen (secondary N) is 1. The number of nitrogens with zero attached hydrogens (tertiary/aromatic N) is 3. The summed E-state index contributed by atoms with van der Waals surface area (Å²) in [7, 11) is 0. The van der Waals surface area contributed by atoms with E-state index >= 15 is 0 Å². The quantitative estimate of drug-likeness (QED) is 0.814. The van der Waals surface area contributed by atoms with Gasteiger partial charge in [0, 0.05) is 25.3 Å². The molecule has 1 aromatic rings.